The molecule has 0 aliphatic carbocycles. The Morgan fingerprint density at radius 1 is 1.04 bits per heavy atom. The number of Topliss-reactive ketones (excluding diaryl/α,β-unsaturated/α-hetero) is 2. The van der Waals surface area contributed by atoms with Crippen LogP contribution in [0.1, 0.15) is 5.56 Å². The Bertz CT molecular complexity index is 542. The Labute approximate surface area is 134 Å². The van der Waals surface area contributed by atoms with Gasteiger partial charge in [0, 0.05) is 0 Å². The van der Waals surface area contributed by atoms with Gasteiger partial charge in [-0.2, -0.15) is 0 Å². The molecule has 0 aliphatic heterocycles. The Kier molecular flexibility index (Phi) is 6.78. The molecule has 8 heteroatoms. The van der Waals surface area contributed by atoms with Gasteiger partial charge in [0.2, 0.25) is 11.6 Å². The number of aliphatic hydroxyl groups is 5. The minimum Gasteiger partial charge on any atom is -0.394 e. The summed E-state index contributed by atoms with van der Waals surface area (Å²) in [4.78, 5) is 24.0. The van der Waals surface area contributed by atoms with Crippen molar-refractivity contribution in [2.24, 2.45) is 5.73 Å². The van der Waals surface area contributed by atoms with Crippen LogP contribution in [0.2, 0.25) is 1.41 Å². The normalized spacial score (nSPS) is 18.4. The molecule has 23 heavy (non-hydrogen) atoms. The van der Waals surface area contributed by atoms with Crippen molar-refractivity contribution in [2.45, 2.75) is 36.9 Å². The summed E-state index contributed by atoms with van der Waals surface area (Å²) < 4.78 is 7.17. The molecule has 0 saturated heterocycles. The van der Waals surface area contributed by atoms with E-state index in [9.17, 15) is 30.0 Å². The molecule has 128 valence electrons. The van der Waals surface area contributed by atoms with Gasteiger partial charge in [-0.25, -0.2) is 0 Å². The van der Waals surface area contributed by atoms with Crippen LogP contribution in [-0.4, -0.2) is 74.2 Å². The van der Waals surface area contributed by atoms with E-state index in [1.54, 1.807) is 30.3 Å². The van der Waals surface area contributed by atoms with Crippen LogP contribution in [-0.2, 0) is 16.0 Å². The first-order chi connectivity index (χ1) is 11.3. The van der Waals surface area contributed by atoms with Gasteiger partial charge in [-0.05, 0) is 12.0 Å². The van der Waals surface area contributed by atoms with E-state index < -0.39 is 48.6 Å². The van der Waals surface area contributed by atoms with E-state index in [2.05, 4.69) is 0 Å². The summed E-state index contributed by atoms with van der Waals surface area (Å²) in [6, 6.07) is 7.32. The van der Waals surface area contributed by atoms with Crippen LogP contribution >= 0.6 is 0 Å². The molecule has 1 aromatic carbocycles. The van der Waals surface area contributed by atoms with Crippen LogP contribution in [0.5, 0.6) is 0 Å². The maximum atomic E-state index is 12.1. The summed E-state index contributed by atoms with van der Waals surface area (Å²) in [5.74, 6) is -2.56. The lowest BCUT2D eigenvalue weighted by molar-refractivity contribution is -0.154. The van der Waals surface area contributed by atoms with Crippen molar-refractivity contribution in [3.63, 3.8) is 0 Å². The molecule has 7 N–H and O–H groups in total. The predicted octanol–water partition coefficient (Wildman–Crippen LogP) is -2.87. The molecule has 0 amide bonds. The second kappa shape index (κ2) is 8.82. The zero-order chi connectivity index (χ0) is 18.3. The van der Waals surface area contributed by atoms with Crippen LogP contribution in [0.25, 0.3) is 0 Å². The fraction of sp³-hybridized carbons (Fsp3) is 0.467. The van der Waals surface area contributed by atoms with Crippen LogP contribution < -0.4 is 5.73 Å². The number of hydrogen-bond donors (Lipinski definition) is 6. The third-order valence-electron chi connectivity index (χ3n) is 3.37. The first kappa shape index (κ1) is 17.7. The Balaban J connectivity index is 2.78. The lowest BCUT2D eigenvalue weighted by atomic mass is 9.94. The number of nitrogens with two attached hydrogens (primary N) is 1. The molecular formula is C15H21NO7. The molecule has 1 aromatic rings. The highest BCUT2D eigenvalue weighted by atomic mass is 16.4. The molecule has 0 radical (unpaired) electrons. The summed E-state index contributed by atoms with van der Waals surface area (Å²) in [5, 5.41) is 46.7. The highest BCUT2D eigenvalue weighted by Crippen LogP contribution is 2.09. The van der Waals surface area contributed by atoms with Gasteiger partial charge in [0.05, 0.1) is 12.6 Å². The van der Waals surface area contributed by atoms with Gasteiger partial charge in [-0.15, -0.1) is 0 Å². The molecule has 0 spiro atoms. The first-order valence-corrected chi connectivity index (χ1v) is 6.95. The van der Waals surface area contributed by atoms with E-state index in [4.69, 9.17) is 6.52 Å². The average Bonchev–Trinajstić information content (AvgIpc) is 2.63. The van der Waals surface area contributed by atoms with Gasteiger partial charge in [0.25, 0.3) is 0 Å². The number of hydrogen-bond acceptors (Lipinski definition) is 8. The van der Waals surface area contributed by atoms with Gasteiger partial charge in [0.15, 0.2) is 0 Å². The highest BCUT2D eigenvalue weighted by molar-refractivity contribution is 6.40. The monoisotopic (exact) mass is 328 g/mol. The SMILES string of the molecule is [2H]N[C@@H](Cc1ccccc1)C(=O)C(=O)[C@H](O)[C@@H](O)[C@H](O)[C@H](O)CO. The summed E-state index contributed by atoms with van der Waals surface area (Å²) in [7, 11) is 0. The van der Waals surface area contributed by atoms with Crippen LogP contribution in [0.3, 0.4) is 0 Å². The number of benzene rings is 1. The second-order valence-electron chi connectivity index (χ2n) is 5.15. The summed E-state index contributed by atoms with van der Waals surface area (Å²) in [6.07, 6.45) is -8.24. The van der Waals surface area contributed by atoms with E-state index in [1.807, 2.05) is 5.73 Å². The van der Waals surface area contributed by atoms with Crippen molar-refractivity contribution in [1.29, 1.82) is 0 Å². The molecule has 0 heterocycles. The fourth-order valence-corrected chi connectivity index (χ4v) is 1.94. The van der Waals surface area contributed by atoms with Crippen molar-refractivity contribution < 1.29 is 36.5 Å². The topological polar surface area (TPSA) is 161 Å². The maximum Gasteiger partial charge on any atom is 0.231 e. The first-order valence-electron chi connectivity index (χ1n) is 7.45. The van der Waals surface area contributed by atoms with Crippen molar-refractivity contribution in [2.75, 3.05) is 6.61 Å². The minimum atomic E-state index is -2.29. The lowest BCUT2D eigenvalue weighted by Gasteiger charge is -2.25. The summed E-state index contributed by atoms with van der Waals surface area (Å²) >= 11 is 0. The third kappa shape index (κ3) is 5.17. The molecule has 0 fully saturated rings. The Morgan fingerprint density at radius 2 is 1.65 bits per heavy atom. The zero-order valence-corrected chi connectivity index (χ0v) is 12.2. The van der Waals surface area contributed by atoms with E-state index >= 15 is 0 Å². The van der Waals surface area contributed by atoms with E-state index in [0.29, 0.717) is 5.56 Å². The lowest BCUT2D eigenvalue weighted by Crippen LogP contribution is -2.52. The second-order valence-corrected chi connectivity index (χ2v) is 5.15. The van der Waals surface area contributed by atoms with Crippen molar-refractivity contribution in [1.82, 2.24) is 0 Å². The Hall–Kier alpha value is -1.68. The van der Waals surface area contributed by atoms with Gasteiger partial charge >= 0.3 is 0 Å². The number of carbonyl (C=O) groups is 2. The number of aliphatic hydroxyl groups excluding tert-OH is 5. The quantitative estimate of drug-likeness (QED) is 0.250. The molecular weight excluding hydrogens is 306 g/mol. The van der Waals surface area contributed by atoms with Crippen molar-refractivity contribution in [3.05, 3.63) is 35.9 Å². The standard InChI is InChI=1S/C15H21NO7/c16-9(6-8-4-2-1-3-5-8)11(19)13(21)15(23)14(22)12(20)10(18)7-17/h1-5,9-10,12,14-15,17-18,20,22-23H,6-7,16H2/t9-,10+,12+,14-,15-/m0/s1/i/hD. The fourth-order valence-electron chi connectivity index (χ4n) is 1.94. The van der Waals surface area contributed by atoms with E-state index in [-0.39, 0.29) is 6.42 Å². The van der Waals surface area contributed by atoms with Gasteiger partial charge in [-0.3, -0.25) is 9.59 Å². The summed E-state index contributed by atoms with van der Waals surface area (Å²) in [5.41, 5.74) is 2.60. The molecule has 8 nitrogen and oxygen atoms in total. The van der Waals surface area contributed by atoms with Crippen molar-refractivity contribution in [3.8, 4) is 0 Å². The van der Waals surface area contributed by atoms with Crippen molar-refractivity contribution >= 4 is 11.6 Å². The number of carbonyl (C=O) groups excluding carboxylic acids is 2. The van der Waals surface area contributed by atoms with Crippen LogP contribution in [0, 0.1) is 0 Å². The van der Waals surface area contributed by atoms with Gasteiger partial charge in [-0.1, -0.05) is 30.3 Å². The zero-order valence-electron chi connectivity index (χ0n) is 13.2. The molecule has 0 aromatic heterocycles. The van der Waals surface area contributed by atoms with Crippen LogP contribution in [0.4, 0.5) is 0 Å². The van der Waals surface area contributed by atoms with Crippen LogP contribution in [0.15, 0.2) is 30.3 Å². The molecule has 5 atom stereocenters. The molecule has 1 rings (SSSR count). The molecule has 0 unspecified atom stereocenters. The van der Waals surface area contributed by atoms with Gasteiger partial charge in [0.1, 0.15) is 25.8 Å². The summed E-state index contributed by atoms with van der Waals surface area (Å²) in [6.45, 7) is -0.905. The molecule has 0 saturated carbocycles. The van der Waals surface area contributed by atoms with E-state index in [1.165, 1.54) is 0 Å². The number of ketones is 2. The smallest absolute Gasteiger partial charge is 0.231 e. The third-order valence-corrected chi connectivity index (χ3v) is 3.37. The predicted molar refractivity (Wildman–Crippen MR) is 79.2 cm³/mol. The molecule has 0 aliphatic rings. The number of rotatable bonds is 10. The van der Waals surface area contributed by atoms with Gasteiger partial charge < -0.3 is 31.3 Å². The average molecular weight is 328 g/mol. The molecule has 0 bridgehead atoms. The Morgan fingerprint density at radius 3 is 2.17 bits per heavy atom. The largest absolute Gasteiger partial charge is 0.394 e. The minimum absolute atomic E-state index is 0.0134. The maximum absolute atomic E-state index is 12.1. The highest BCUT2D eigenvalue weighted by Gasteiger charge is 2.38. The van der Waals surface area contributed by atoms with E-state index in [0.717, 1.165) is 0 Å².